The van der Waals surface area contributed by atoms with Gasteiger partial charge in [-0.05, 0) is 80.4 Å². The van der Waals surface area contributed by atoms with E-state index in [4.69, 9.17) is 0 Å². The summed E-state index contributed by atoms with van der Waals surface area (Å²) in [6.07, 6.45) is 15.9. The molecule has 338 valence electrons. The fraction of sp³-hybridized carbons (Fsp3) is 0.549. The maximum Gasteiger partial charge on any atom is 0.0978 e. The third kappa shape index (κ3) is 23.6. The molecule has 5 aromatic heterocycles. The van der Waals surface area contributed by atoms with Crippen LogP contribution < -0.4 is 0 Å². The number of hydrogen-bond acceptors (Lipinski definition) is 9. The second-order valence-electron chi connectivity index (χ2n) is 19.9. The zero-order valence-electron chi connectivity index (χ0n) is 41.2. The molecule has 5 aromatic rings. The molecule has 7 rings (SSSR count). The first-order valence-electron chi connectivity index (χ1n) is 21.5. The minimum atomic E-state index is 0.230. The predicted octanol–water partition coefficient (Wildman–Crippen LogP) is 16.0. The van der Waals surface area contributed by atoms with Gasteiger partial charge in [0, 0.05) is 81.8 Å². The summed E-state index contributed by atoms with van der Waals surface area (Å²) < 4.78 is 6.19. The second kappa shape index (κ2) is 27.0. The fourth-order valence-corrected chi connectivity index (χ4v) is 7.93. The normalized spacial score (nSPS) is 13.2. The van der Waals surface area contributed by atoms with Gasteiger partial charge < -0.3 is 4.57 Å². The molecule has 10 heteroatoms. The van der Waals surface area contributed by atoms with Gasteiger partial charge in [-0.2, -0.15) is 0 Å². The highest BCUT2D eigenvalue weighted by Crippen LogP contribution is 2.27. The highest BCUT2D eigenvalue weighted by atomic mass is 32.1. The molecule has 0 spiro atoms. The van der Waals surface area contributed by atoms with E-state index in [2.05, 4.69) is 215 Å². The summed E-state index contributed by atoms with van der Waals surface area (Å²) >= 11 is 6.85. The lowest BCUT2D eigenvalue weighted by atomic mass is 9.88. The van der Waals surface area contributed by atoms with E-state index < -0.39 is 0 Å². The van der Waals surface area contributed by atoms with E-state index in [1.54, 1.807) is 34.2 Å². The van der Waals surface area contributed by atoms with Crippen molar-refractivity contribution in [2.75, 3.05) is 13.1 Å². The average Bonchev–Trinajstić information content (AvgIpc) is 4.01. The second-order valence-corrected chi connectivity index (χ2v) is 23.5. The molecular weight excluding hydrogens is 825 g/mol. The van der Waals surface area contributed by atoms with Crippen LogP contribution in [0.25, 0.3) is 0 Å². The minimum Gasteiger partial charge on any atom is -0.354 e. The van der Waals surface area contributed by atoms with Crippen molar-refractivity contribution < 1.29 is 0 Å². The number of thiazole rings is 2. The summed E-state index contributed by atoms with van der Waals surface area (Å²) in [6.45, 7) is 41.3. The minimum absolute atomic E-state index is 0.230. The molecule has 7 heterocycles. The van der Waals surface area contributed by atoms with Crippen molar-refractivity contribution in [1.82, 2.24) is 18.9 Å². The SMILES string of the molecule is CC(C)(C)C1=CCN=C1.CC(C)(C)c1cccs1.CC(C)(C)c1ccns1.CC(C)(C)c1nccs1.CC(C)C1=CCN=C1.CC(C)c1cccn1C.CC(C)c1nccs1. The maximum absolute atomic E-state index is 4.21. The molecule has 0 fully saturated rings. The van der Waals surface area contributed by atoms with Crippen LogP contribution in [0.5, 0.6) is 0 Å². The molecule has 0 unspecified atom stereocenters. The van der Waals surface area contributed by atoms with Gasteiger partial charge in [-0.1, -0.05) is 143 Å². The summed E-state index contributed by atoms with van der Waals surface area (Å²) in [6, 6.07) is 10.6. The standard InChI is InChI=1S/2C8H13N.C8H12S.2C7H11NS.C7H11N.C6H9NS/c1-8(2,3)7-4-5-9-6-7;1-7(2)8-5-4-6-9(8)3;1-8(2,3)7-5-4-6-9-7;1-7(2,3)6-8-4-5-9-6;1-7(2,3)6-4-5-8-9-6;1-6(2)7-3-4-8-5-7;1-5(2)6-7-3-4-8-6/h4,6H,5H2,1-3H3;4-7H,1-3H3;4-6H,1-3H3;2*4-5H,1-3H3;3,5-6H,4H2,1-2H3;3-5H,1-2H3. The Morgan fingerprint density at radius 1 is 0.557 bits per heavy atom. The topological polar surface area (TPSA) is 68.3 Å². The van der Waals surface area contributed by atoms with Crippen LogP contribution in [0.4, 0.5) is 0 Å². The van der Waals surface area contributed by atoms with Crippen LogP contribution in [0.15, 0.2) is 105 Å². The lowest BCUT2D eigenvalue weighted by molar-refractivity contribution is 0.527. The van der Waals surface area contributed by atoms with E-state index in [1.807, 2.05) is 53.1 Å². The van der Waals surface area contributed by atoms with Crippen LogP contribution in [-0.4, -0.2) is 44.4 Å². The van der Waals surface area contributed by atoms with Crippen molar-refractivity contribution in [2.45, 2.75) is 153 Å². The number of aryl methyl sites for hydroxylation is 1. The van der Waals surface area contributed by atoms with E-state index in [9.17, 15) is 0 Å². The van der Waals surface area contributed by atoms with E-state index in [0.717, 1.165) is 13.1 Å². The molecule has 0 atom stereocenters. The van der Waals surface area contributed by atoms with Crippen LogP contribution in [0, 0.1) is 11.3 Å². The Labute approximate surface area is 388 Å². The molecule has 0 aliphatic carbocycles. The molecular formula is C51H80N6S4. The van der Waals surface area contributed by atoms with Crippen LogP contribution in [0.3, 0.4) is 0 Å². The number of hydrogen-bond donors (Lipinski definition) is 0. The molecule has 0 saturated carbocycles. The van der Waals surface area contributed by atoms with Crippen molar-refractivity contribution in [3.05, 3.63) is 120 Å². The Bertz CT molecular complexity index is 1840. The van der Waals surface area contributed by atoms with Gasteiger partial charge in [0.05, 0.1) is 23.1 Å². The van der Waals surface area contributed by atoms with Crippen LogP contribution >= 0.6 is 45.5 Å². The monoisotopic (exact) mass is 905 g/mol. The molecule has 0 bridgehead atoms. The smallest absolute Gasteiger partial charge is 0.0978 e. The molecule has 2 aliphatic rings. The van der Waals surface area contributed by atoms with E-state index in [0.29, 0.717) is 28.6 Å². The van der Waals surface area contributed by atoms with E-state index in [-0.39, 0.29) is 10.8 Å². The third-order valence-electron chi connectivity index (χ3n) is 8.88. The van der Waals surface area contributed by atoms with Gasteiger partial charge in [0.25, 0.3) is 0 Å². The van der Waals surface area contributed by atoms with Crippen molar-refractivity contribution >= 4 is 58.0 Å². The van der Waals surface area contributed by atoms with Gasteiger partial charge in [0.15, 0.2) is 0 Å². The molecule has 2 aliphatic heterocycles. The van der Waals surface area contributed by atoms with Crippen LogP contribution in [-0.2, 0) is 23.3 Å². The maximum atomic E-state index is 4.21. The molecule has 61 heavy (non-hydrogen) atoms. The molecule has 6 nitrogen and oxygen atoms in total. The van der Waals surface area contributed by atoms with Crippen molar-refractivity contribution in [3.8, 4) is 0 Å². The Kier molecular flexibility index (Phi) is 24.7. The number of aliphatic imine (C=N–C) groups is 2. The van der Waals surface area contributed by atoms with E-state index in [1.165, 1.54) is 36.6 Å². The highest BCUT2D eigenvalue weighted by molar-refractivity contribution is 7.10. The Morgan fingerprint density at radius 3 is 1.39 bits per heavy atom. The van der Waals surface area contributed by atoms with Crippen LogP contribution in [0.1, 0.15) is 162 Å². The van der Waals surface area contributed by atoms with E-state index >= 15 is 0 Å². The number of rotatable bonds is 3. The Hall–Kier alpha value is -3.31. The van der Waals surface area contributed by atoms with Crippen molar-refractivity contribution in [3.63, 3.8) is 0 Å². The molecule has 0 N–H and O–H groups in total. The largest absolute Gasteiger partial charge is 0.354 e. The van der Waals surface area contributed by atoms with Gasteiger partial charge >= 0.3 is 0 Å². The number of allylic oxidation sites excluding steroid dienone is 2. The Balaban J connectivity index is 0.000000356. The summed E-state index contributed by atoms with van der Waals surface area (Å²) in [5.41, 5.74) is 5.28. The zero-order valence-corrected chi connectivity index (χ0v) is 44.5. The number of nitrogens with zero attached hydrogens (tertiary/aromatic N) is 6. The first-order chi connectivity index (χ1) is 28.2. The summed E-state index contributed by atoms with van der Waals surface area (Å²) in [5, 5.41) is 8.59. The van der Waals surface area contributed by atoms with Gasteiger partial charge in [-0.25, -0.2) is 14.3 Å². The number of aromatic nitrogens is 4. The Morgan fingerprint density at radius 2 is 1.16 bits per heavy atom. The summed E-state index contributed by atoms with van der Waals surface area (Å²) in [7, 11) is 2.08. The van der Waals surface area contributed by atoms with Gasteiger partial charge in [-0.3, -0.25) is 9.98 Å². The zero-order chi connectivity index (χ0) is 46.4. The lowest BCUT2D eigenvalue weighted by Gasteiger charge is -2.16. The first kappa shape index (κ1) is 55.7. The summed E-state index contributed by atoms with van der Waals surface area (Å²) in [5.74, 6) is 1.89. The van der Waals surface area contributed by atoms with Crippen molar-refractivity contribution in [1.29, 1.82) is 0 Å². The van der Waals surface area contributed by atoms with Crippen molar-refractivity contribution in [2.24, 2.45) is 28.4 Å². The predicted molar refractivity (Wildman–Crippen MR) is 278 cm³/mol. The fourth-order valence-electron chi connectivity index (χ4n) is 5.10. The average molecular weight is 906 g/mol. The van der Waals surface area contributed by atoms with Gasteiger partial charge in [0.2, 0.25) is 0 Å². The highest BCUT2D eigenvalue weighted by Gasteiger charge is 2.17. The summed E-state index contributed by atoms with van der Waals surface area (Å²) in [4.78, 5) is 19.3. The van der Waals surface area contributed by atoms with Crippen LogP contribution in [0.2, 0.25) is 0 Å². The van der Waals surface area contributed by atoms with Gasteiger partial charge in [-0.15, -0.1) is 34.0 Å². The molecule has 0 aromatic carbocycles. The first-order valence-corrected chi connectivity index (χ1v) is 24.9. The quantitative estimate of drug-likeness (QED) is 0.181. The molecule has 0 amide bonds. The van der Waals surface area contributed by atoms with Gasteiger partial charge in [0.1, 0.15) is 0 Å². The molecule has 0 saturated heterocycles. The lowest BCUT2D eigenvalue weighted by Crippen LogP contribution is -2.09. The third-order valence-corrected chi connectivity index (χ3v) is 13.6. The molecule has 0 radical (unpaired) electrons. The number of thiophene rings is 1.